The summed E-state index contributed by atoms with van der Waals surface area (Å²) in [6, 6.07) is 31.1. The molecule has 184 valence electrons. The highest BCUT2D eigenvalue weighted by molar-refractivity contribution is 5.75. The van der Waals surface area contributed by atoms with Crippen LogP contribution in [0.1, 0.15) is 50.8 Å². The highest BCUT2D eigenvalue weighted by Crippen LogP contribution is 2.42. The van der Waals surface area contributed by atoms with Gasteiger partial charge in [-0.1, -0.05) is 97.9 Å². The van der Waals surface area contributed by atoms with Crippen molar-refractivity contribution in [1.82, 2.24) is 0 Å². The molecule has 3 atom stereocenters. The van der Waals surface area contributed by atoms with Crippen molar-refractivity contribution in [2.24, 2.45) is 11.3 Å². The standard InChI is InChI=1S/C31H36O4/c1-23(20-21-33-29(32)30(2,3)4)28-27(35-28)22-34-31(24-14-8-5-9-15-24,25-16-10-6-11-17-25)26-18-12-7-13-19-26/h5-19,23,27-28H,20-22H2,1-4H3/t23-,27-,28+/m1/s1. The average Bonchev–Trinajstić information content (AvgIpc) is 3.66. The average molecular weight is 473 g/mol. The molecule has 0 N–H and O–H groups in total. The second-order valence-electron chi connectivity index (χ2n) is 10.4. The van der Waals surface area contributed by atoms with Gasteiger partial charge in [-0.3, -0.25) is 4.79 Å². The third kappa shape index (κ3) is 5.83. The van der Waals surface area contributed by atoms with Crippen LogP contribution in [0.5, 0.6) is 0 Å². The molecule has 1 aliphatic rings. The molecule has 0 spiro atoms. The van der Waals surface area contributed by atoms with E-state index in [4.69, 9.17) is 14.2 Å². The van der Waals surface area contributed by atoms with Gasteiger partial charge >= 0.3 is 5.97 Å². The molecule has 0 aromatic heterocycles. The Hall–Kier alpha value is -2.95. The van der Waals surface area contributed by atoms with Crippen molar-refractivity contribution in [2.45, 2.75) is 51.9 Å². The quantitative estimate of drug-likeness (QED) is 0.195. The lowest BCUT2D eigenvalue weighted by molar-refractivity contribution is -0.153. The van der Waals surface area contributed by atoms with Crippen LogP contribution in [-0.4, -0.2) is 31.4 Å². The molecule has 0 bridgehead atoms. The van der Waals surface area contributed by atoms with Gasteiger partial charge in [0.1, 0.15) is 11.7 Å². The first-order chi connectivity index (χ1) is 16.8. The van der Waals surface area contributed by atoms with E-state index in [1.807, 2.05) is 39.0 Å². The van der Waals surface area contributed by atoms with Crippen LogP contribution in [0.15, 0.2) is 91.0 Å². The van der Waals surface area contributed by atoms with E-state index < -0.39 is 11.0 Å². The molecule has 4 rings (SSSR count). The van der Waals surface area contributed by atoms with E-state index in [1.165, 1.54) is 0 Å². The Morgan fingerprint density at radius 3 is 1.71 bits per heavy atom. The monoisotopic (exact) mass is 472 g/mol. The number of carbonyl (C=O) groups is 1. The fraction of sp³-hybridized carbons (Fsp3) is 0.387. The van der Waals surface area contributed by atoms with Crippen LogP contribution in [0, 0.1) is 11.3 Å². The molecule has 0 radical (unpaired) electrons. The Kier molecular flexibility index (Phi) is 7.73. The molecule has 1 saturated heterocycles. The lowest BCUT2D eigenvalue weighted by Gasteiger charge is -2.36. The number of hydrogen-bond donors (Lipinski definition) is 0. The topological polar surface area (TPSA) is 48.1 Å². The van der Waals surface area contributed by atoms with E-state index in [1.54, 1.807) is 0 Å². The van der Waals surface area contributed by atoms with Gasteiger partial charge in [0.2, 0.25) is 0 Å². The van der Waals surface area contributed by atoms with Gasteiger partial charge in [-0.2, -0.15) is 0 Å². The molecule has 1 heterocycles. The number of rotatable bonds is 10. The van der Waals surface area contributed by atoms with Gasteiger partial charge in [-0.05, 0) is 49.8 Å². The van der Waals surface area contributed by atoms with E-state index in [2.05, 4.69) is 79.7 Å². The number of hydrogen-bond acceptors (Lipinski definition) is 4. The number of ether oxygens (including phenoxy) is 3. The van der Waals surface area contributed by atoms with Crippen molar-refractivity contribution in [1.29, 1.82) is 0 Å². The van der Waals surface area contributed by atoms with Gasteiger partial charge in [0, 0.05) is 0 Å². The molecule has 3 aromatic rings. The number of esters is 1. The molecule has 0 aliphatic carbocycles. The summed E-state index contributed by atoms with van der Waals surface area (Å²) in [6.07, 6.45) is 0.881. The van der Waals surface area contributed by atoms with Crippen molar-refractivity contribution >= 4 is 5.97 Å². The first kappa shape index (κ1) is 25.2. The largest absolute Gasteiger partial charge is 0.465 e. The zero-order valence-corrected chi connectivity index (χ0v) is 21.1. The maximum Gasteiger partial charge on any atom is 0.311 e. The van der Waals surface area contributed by atoms with Crippen LogP contribution < -0.4 is 0 Å². The fourth-order valence-electron chi connectivity index (χ4n) is 4.49. The minimum Gasteiger partial charge on any atom is -0.465 e. The Bertz CT molecular complexity index is 977. The van der Waals surface area contributed by atoms with Gasteiger partial charge < -0.3 is 14.2 Å². The van der Waals surface area contributed by atoms with E-state index >= 15 is 0 Å². The number of carbonyl (C=O) groups excluding carboxylic acids is 1. The first-order valence-electron chi connectivity index (χ1n) is 12.5. The Labute approximate surface area is 209 Å². The molecular weight excluding hydrogens is 436 g/mol. The van der Waals surface area contributed by atoms with Crippen molar-refractivity contribution in [3.63, 3.8) is 0 Å². The summed E-state index contributed by atoms with van der Waals surface area (Å²) < 4.78 is 18.4. The van der Waals surface area contributed by atoms with Gasteiger partial charge in [-0.25, -0.2) is 0 Å². The molecule has 4 nitrogen and oxygen atoms in total. The molecule has 35 heavy (non-hydrogen) atoms. The number of epoxide rings is 1. The van der Waals surface area contributed by atoms with Crippen molar-refractivity contribution in [2.75, 3.05) is 13.2 Å². The molecular formula is C31H36O4. The van der Waals surface area contributed by atoms with E-state index in [-0.39, 0.29) is 24.1 Å². The smallest absolute Gasteiger partial charge is 0.311 e. The Morgan fingerprint density at radius 2 is 1.29 bits per heavy atom. The SMILES string of the molecule is C[C@H](CCOC(=O)C(C)(C)C)[C@@H]1O[C@@H]1COC(c1ccccc1)(c1ccccc1)c1ccccc1. The van der Waals surface area contributed by atoms with E-state index in [9.17, 15) is 4.79 Å². The molecule has 0 saturated carbocycles. The summed E-state index contributed by atoms with van der Waals surface area (Å²) in [7, 11) is 0. The molecule has 1 aliphatic heterocycles. The van der Waals surface area contributed by atoms with Crippen LogP contribution >= 0.6 is 0 Å². The normalized spacial score (nSPS) is 18.6. The zero-order chi connectivity index (χ0) is 24.9. The first-order valence-corrected chi connectivity index (χ1v) is 12.5. The summed E-state index contributed by atoms with van der Waals surface area (Å²) >= 11 is 0. The molecule has 0 amide bonds. The van der Waals surface area contributed by atoms with Crippen molar-refractivity contribution < 1.29 is 19.0 Å². The third-order valence-corrected chi connectivity index (χ3v) is 6.61. The second kappa shape index (κ2) is 10.8. The van der Waals surface area contributed by atoms with E-state index in [0.29, 0.717) is 13.2 Å². The van der Waals surface area contributed by atoms with Crippen LogP contribution in [-0.2, 0) is 24.6 Å². The summed E-state index contributed by atoms with van der Waals surface area (Å²) in [4.78, 5) is 12.0. The van der Waals surface area contributed by atoms with Crippen LogP contribution in [0.4, 0.5) is 0 Å². The summed E-state index contributed by atoms with van der Waals surface area (Å²) in [5.41, 5.74) is 2.02. The van der Waals surface area contributed by atoms with Gasteiger partial charge in [-0.15, -0.1) is 0 Å². The highest BCUT2D eigenvalue weighted by atomic mass is 16.6. The van der Waals surface area contributed by atoms with Crippen molar-refractivity contribution in [3.8, 4) is 0 Å². The molecule has 0 unspecified atom stereocenters. The third-order valence-electron chi connectivity index (χ3n) is 6.61. The summed E-state index contributed by atoms with van der Waals surface area (Å²) in [5, 5.41) is 0. The summed E-state index contributed by atoms with van der Waals surface area (Å²) in [6.45, 7) is 8.63. The Morgan fingerprint density at radius 1 is 0.829 bits per heavy atom. The van der Waals surface area contributed by atoms with E-state index in [0.717, 1.165) is 23.1 Å². The van der Waals surface area contributed by atoms with Gasteiger partial charge in [0.25, 0.3) is 0 Å². The summed E-state index contributed by atoms with van der Waals surface area (Å²) in [5.74, 6) is 0.107. The van der Waals surface area contributed by atoms with Crippen LogP contribution in [0.25, 0.3) is 0 Å². The van der Waals surface area contributed by atoms with Gasteiger partial charge in [0.05, 0.1) is 24.7 Å². The maximum atomic E-state index is 12.0. The predicted octanol–water partition coefficient (Wildman–Crippen LogP) is 6.38. The molecule has 1 fully saturated rings. The lowest BCUT2D eigenvalue weighted by atomic mass is 9.80. The fourth-order valence-corrected chi connectivity index (χ4v) is 4.49. The second-order valence-corrected chi connectivity index (χ2v) is 10.4. The van der Waals surface area contributed by atoms with Crippen molar-refractivity contribution in [3.05, 3.63) is 108 Å². The predicted molar refractivity (Wildman–Crippen MR) is 138 cm³/mol. The molecule has 4 heteroatoms. The maximum absolute atomic E-state index is 12.0. The Balaban J connectivity index is 1.49. The lowest BCUT2D eigenvalue weighted by Crippen LogP contribution is -2.34. The minimum atomic E-state index is -0.744. The van der Waals surface area contributed by atoms with Crippen LogP contribution in [0.2, 0.25) is 0 Å². The molecule has 3 aromatic carbocycles. The number of benzene rings is 3. The highest BCUT2D eigenvalue weighted by Gasteiger charge is 2.46. The zero-order valence-electron chi connectivity index (χ0n) is 21.1. The van der Waals surface area contributed by atoms with Gasteiger partial charge in [0.15, 0.2) is 0 Å². The van der Waals surface area contributed by atoms with Crippen LogP contribution in [0.3, 0.4) is 0 Å². The minimum absolute atomic E-state index is 0.0128.